The largest absolute Gasteiger partial charge is 0.353 e. The highest BCUT2D eigenvalue weighted by Gasteiger charge is 2.19. The van der Waals surface area contributed by atoms with Gasteiger partial charge in [-0.2, -0.15) is 0 Å². The van der Waals surface area contributed by atoms with Crippen molar-refractivity contribution in [2.75, 3.05) is 0 Å². The predicted molar refractivity (Wildman–Crippen MR) is 126 cm³/mol. The van der Waals surface area contributed by atoms with Gasteiger partial charge in [0.2, 0.25) is 11.7 Å². The second-order valence-corrected chi connectivity index (χ2v) is 8.83. The number of nitrogens with zero attached hydrogens (tertiary/aromatic N) is 4. The quantitative estimate of drug-likeness (QED) is 0.476. The molecule has 0 atom stereocenters. The lowest BCUT2D eigenvalue weighted by Crippen LogP contribution is -2.37. The summed E-state index contributed by atoms with van der Waals surface area (Å²) in [5.41, 5.74) is 0.281. The second-order valence-electron chi connectivity index (χ2n) is 8.83. The number of para-hydroxylation sites is 1. The summed E-state index contributed by atoms with van der Waals surface area (Å²) in [6.45, 7) is 0.158. The molecule has 5 rings (SSSR count). The summed E-state index contributed by atoms with van der Waals surface area (Å²) in [4.78, 5) is 39.1. The van der Waals surface area contributed by atoms with E-state index >= 15 is 0 Å². The molecule has 2 aromatic heterocycles. The topological polar surface area (TPSA) is 90.4 Å². The molecule has 1 amide bonds. The van der Waals surface area contributed by atoms with Gasteiger partial charge < -0.3 is 5.32 Å². The van der Waals surface area contributed by atoms with Crippen molar-refractivity contribution in [1.29, 1.82) is 0 Å². The van der Waals surface area contributed by atoms with Gasteiger partial charge in [-0.15, -0.1) is 5.10 Å². The van der Waals surface area contributed by atoms with Crippen molar-refractivity contribution >= 4 is 22.6 Å². The van der Waals surface area contributed by atoms with Gasteiger partial charge in [-0.3, -0.25) is 14.2 Å². The number of carbonyl (C=O) groups excluding carboxylic acids is 1. The number of carbonyl (C=O) groups is 1. The smallest absolute Gasteiger partial charge is 0.352 e. The van der Waals surface area contributed by atoms with Gasteiger partial charge in [0.15, 0.2) is 0 Å². The van der Waals surface area contributed by atoms with E-state index in [0.717, 1.165) is 25.7 Å². The number of hydrogen-bond donors (Lipinski definition) is 1. The monoisotopic (exact) mass is 463 g/mol. The number of aryl methyl sites for hydroxylation is 1. The molecule has 1 aliphatic rings. The molecule has 0 bridgehead atoms. The first-order valence-electron chi connectivity index (χ1n) is 11.7. The van der Waals surface area contributed by atoms with Crippen LogP contribution >= 0.6 is 0 Å². The van der Waals surface area contributed by atoms with Crippen molar-refractivity contribution in [2.24, 2.45) is 0 Å². The van der Waals surface area contributed by atoms with Gasteiger partial charge in [0.1, 0.15) is 5.82 Å². The minimum absolute atomic E-state index is 0.0585. The summed E-state index contributed by atoms with van der Waals surface area (Å²) in [6.07, 6.45) is 5.49. The summed E-state index contributed by atoms with van der Waals surface area (Å²) >= 11 is 0. The Hall–Kier alpha value is -3.75. The molecule has 0 spiro atoms. The van der Waals surface area contributed by atoms with E-state index in [0.29, 0.717) is 16.5 Å². The summed E-state index contributed by atoms with van der Waals surface area (Å²) in [5.74, 6) is -0.358. The SMILES string of the molecule is O=C(CCn1c(=O)c2ccccc2n2c(=O)n(Cc3cccc(F)c3)nc12)NC1CCCCC1. The molecular weight excluding hydrogens is 437 g/mol. The van der Waals surface area contributed by atoms with Crippen LogP contribution in [0.15, 0.2) is 58.1 Å². The van der Waals surface area contributed by atoms with Crippen LogP contribution < -0.4 is 16.6 Å². The van der Waals surface area contributed by atoms with Crippen LogP contribution in [0.25, 0.3) is 16.7 Å². The Labute approximate surface area is 194 Å². The molecular formula is C25H26FN5O3. The van der Waals surface area contributed by atoms with Crippen LogP contribution in [0, 0.1) is 5.82 Å². The molecule has 34 heavy (non-hydrogen) atoms. The van der Waals surface area contributed by atoms with Crippen LogP contribution in [0.2, 0.25) is 0 Å². The fourth-order valence-electron chi connectivity index (χ4n) is 4.74. The van der Waals surface area contributed by atoms with E-state index in [1.165, 1.54) is 32.2 Å². The number of aromatic nitrogens is 4. The molecule has 0 radical (unpaired) electrons. The number of benzene rings is 2. The fraction of sp³-hybridized carbons (Fsp3) is 0.360. The molecule has 0 aliphatic heterocycles. The van der Waals surface area contributed by atoms with Gasteiger partial charge in [-0.1, -0.05) is 43.5 Å². The molecule has 1 fully saturated rings. The standard InChI is InChI=1S/C25H26FN5O3/c26-18-8-6-7-17(15-18)16-30-25(34)31-21-12-5-4-11-20(21)23(33)29(24(31)28-30)14-13-22(32)27-19-9-2-1-3-10-19/h4-8,11-12,15,19H,1-3,9-10,13-14,16H2,(H,27,32). The van der Waals surface area contributed by atoms with Crippen LogP contribution in [0.5, 0.6) is 0 Å². The molecule has 1 aliphatic carbocycles. The maximum absolute atomic E-state index is 13.6. The van der Waals surface area contributed by atoms with Gasteiger partial charge >= 0.3 is 5.69 Å². The number of halogens is 1. The van der Waals surface area contributed by atoms with Gasteiger partial charge in [0.25, 0.3) is 5.56 Å². The Bertz CT molecular complexity index is 1480. The van der Waals surface area contributed by atoms with Crippen molar-refractivity contribution in [3.05, 3.63) is 80.7 Å². The van der Waals surface area contributed by atoms with Crippen LogP contribution in [0.4, 0.5) is 4.39 Å². The second kappa shape index (κ2) is 9.24. The normalized spacial score (nSPS) is 14.6. The molecule has 8 nitrogen and oxygen atoms in total. The molecule has 176 valence electrons. The Morgan fingerprint density at radius 1 is 1.06 bits per heavy atom. The molecule has 4 aromatic rings. The molecule has 1 saturated carbocycles. The van der Waals surface area contributed by atoms with Crippen LogP contribution in [0.1, 0.15) is 44.1 Å². The first kappa shape index (κ1) is 22.1. The summed E-state index contributed by atoms with van der Waals surface area (Å²) in [7, 11) is 0. The van der Waals surface area contributed by atoms with Crippen molar-refractivity contribution in [1.82, 2.24) is 24.1 Å². The molecule has 9 heteroatoms. The van der Waals surface area contributed by atoms with E-state index in [4.69, 9.17) is 0 Å². The van der Waals surface area contributed by atoms with Gasteiger partial charge in [-0.05, 0) is 42.7 Å². The first-order chi connectivity index (χ1) is 16.5. The van der Waals surface area contributed by atoms with E-state index in [1.807, 2.05) is 0 Å². The maximum atomic E-state index is 13.6. The van der Waals surface area contributed by atoms with Crippen molar-refractivity contribution in [3.63, 3.8) is 0 Å². The first-order valence-corrected chi connectivity index (χ1v) is 11.7. The summed E-state index contributed by atoms with van der Waals surface area (Å²) in [6, 6.07) is 13.0. The van der Waals surface area contributed by atoms with E-state index in [2.05, 4.69) is 10.4 Å². The van der Waals surface area contributed by atoms with Crippen molar-refractivity contribution in [2.45, 2.75) is 57.7 Å². The fourth-order valence-corrected chi connectivity index (χ4v) is 4.74. The maximum Gasteiger partial charge on any atom is 0.352 e. The van der Waals surface area contributed by atoms with Gasteiger partial charge in [0.05, 0.1) is 17.4 Å². The van der Waals surface area contributed by atoms with Crippen LogP contribution in [-0.4, -0.2) is 30.7 Å². The van der Waals surface area contributed by atoms with Crippen LogP contribution in [-0.2, 0) is 17.9 Å². The van der Waals surface area contributed by atoms with E-state index in [-0.39, 0.29) is 42.8 Å². The number of fused-ring (bicyclic) bond motifs is 3. The Kier molecular flexibility index (Phi) is 6.00. The number of amides is 1. The summed E-state index contributed by atoms with van der Waals surface area (Å²) < 4.78 is 17.6. The average molecular weight is 464 g/mol. The van der Waals surface area contributed by atoms with Gasteiger partial charge in [0, 0.05) is 19.0 Å². The lowest BCUT2D eigenvalue weighted by Gasteiger charge is -2.22. The average Bonchev–Trinajstić information content (AvgIpc) is 3.15. The molecule has 0 unspecified atom stereocenters. The Morgan fingerprint density at radius 3 is 2.65 bits per heavy atom. The predicted octanol–water partition coefficient (Wildman–Crippen LogP) is 2.84. The molecule has 2 aromatic carbocycles. The lowest BCUT2D eigenvalue weighted by atomic mass is 9.95. The van der Waals surface area contributed by atoms with E-state index in [9.17, 15) is 18.8 Å². The zero-order chi connectivity index (χ0) is 23.7. The third kappa shape index (κ3) is 4.25. The van der Waals surface area contributed by atoms with Crippen LogP contribution in [0.3, 0.4) is 0 Å². The lowest BCUT2D eigenvalue weighted by molar-refractivity contribution is -0.122. The minimum atomic E-state index is -0.434. The van der Waals surface area contributed by atoms with Gasteiger partial charge in [-0.25, -0.2) is 18.3 Å². The highest BCUT2D eigenvalue weighted by molar-refractivity contribution is 5.80. The number of nitrogens with one attached hydrogen (secondary N) is 1. The molecule has 0 saturated heterocycles. The van der Waals surface area contributed by atoms with E-state index < -0.39 is 11.5 Å². The zero-order valence-corrected chi connectivity index (χ0v) is 18.7. The van der Waals surface area contributed by atoms with Crippen molar-refractivity contribution in [3.8, 4) is 0 Å². The Morgan fingerprint density at radius 2 is 1.85 bits per heavy atom. The molecule has 1 N–H and O–H groups in total. The Balaban J connectivity index is 1.52. The zero-order valence-electron chi connectivity index (χ0n) is 18.7. The van der Waals surface area contributed by atoms with Crippen molar-refractivity contribution < 1.29 is 9.18 Å². The highest BCUT2D eigenvalue weighted by Crippen LogP contribution is 2.17. The minimum Gasteiger partial charge on any atom is -0.353 e. The number of rotatable bonds is 6. The third-order valence-corrected chi connectivity index (χ3v) is 6.44. The third-order valence-electron chi connectivity index (χ3n) is 6.44. The summed E-state index contributed by atoms with van der Waals surface area (Å²) in [5, 5.41) is 7.85. The number of hydrogen-bond acceptors (Lipinski definition) is 4. The molecule has 2 heterocycles. The highest BCUT2D eigenvalue weighted by atomic mass is 19.1. The van der Waals surface area contributed by atoms with E-state index in [1.54, 1.807) is 36.4 Å².